The lowest BCUT2D eigenvalue weighted by Gasteiger charge is -2.11. The van der Waals surface area contributed by atoms with Crippen molar-refractivity contribution in [2.24, 2.45) is 0 Å². The molecular weight excluding hydrogens is 237 g/mol. The van der Waals surface area contributed by atoms with Gasteiger partial charge < -0.3 is 9.84 Å². The van der Waals surface area contributed by atoms with E-state index in [1.165, 1.54) is 0 Å². The Labute approximate surface area is 87.0 Å². The molecule has 0 atom stereocenters. The van der Waals surface area contributed by atoms with Gasteiger partial charge in [0, 0.05) is 0 Å². The van der Waals surface area contributed by atoms with Crippen LogP contribution in [0.25, 0.3) is 0 Å². The van der Waals surface area contributed by atoms with Gasteiger partial charge in [-0.25, -0.2) is 0 Å². The summed E-state index contributed by atoms with van der Waals surface area (Å²) in [5, 5.41) is 8.12. The van der Waals surface area contributed by atoms with Gasteiger partial charge in [0.25, 0.3) is 5.24 Å². The Hall–Kier alpha value is -1.43. The predicted molar refractivity (Wildman–Crippen MR) is 45.0 cm³/mol. The monoisotopic (exact) mass is 240 g/mol. The van der Waals surface area contributed by atoms with Gasteiger partial charge in [-0.05, 0) is 23.7 Å². The number of ether oxygens (including phenoxy) is 1. The predicted octanol–water partition coefficient (Wildman–Crippen LogP) is 2.67. The van der Waals surface area contributed by atoms with Gasteiger partial charge in [0.2, 0.25) is 0 Å². The minimum atomic E-state index is -4.94. The smallest absolute Gasteiger partial charge is 0.504 e. The SMILES string of the molecule is O=C(Cl)c1cccc(OC(F)(F)F)c1O. The average Bonchev–Trinajstić information content (AvgIpc) is 2.05. The summed E-state index contributed by atoms with van der Waals surface area (Å²) in [4.78, 5) is 10.7. The van der Waals surface area contributed by atoms with Crippen molar-refractivity contribution in [2.75, 3.05) is 0 Å². The zero-order chi connectivity index (χ0) is 11.6. The number of phenolic OH excluding ortho intramolecular Hbond substituents is 1. The second-order valence-corrected chi connectivity index (χ2v) is 2.82. The highest BCUT2D eigenvalue weighted by Gasteiger charge is 2.32. The lowest BCUT2D eigenvalue weighted by atomic mass is 10.2. The van der Waals surface area contributed by atoms with Gasteiger partial charge in [-0.1, -0.05) is 6.07 Å². The lowest BCUT2D eigenvalue weighted by molar-refractivity contribution is -0.275. The second-order valence-electron chi connectivity index (χ2n) is 2.47. The highest BCUT2D eigenvalue weighted by molar-refractivity contribution is 6.68. The largest absolute Gasteiger partial charge is 0.573 e. The van der Waals surface area contributed by atoms with Crippen LogP contribution >= 0.6 is 11.6 Å². The molecule has 0 radical (unpaired) electrons. The molecule has 0 fully saturated rings. The maximum Gasteiger partial charge on any atom is 0.573 e. The fourth-order valence-electron chi connectivity index (χ4n) is 0.888. The van der Waals surface area contributed by atoms with Crippen LogP contribution in [0.5, 0.6) is 11.5 Å². The van der Waals surface area contributed by atoms with Crippen LogP contribution in [0.4, 0.5) is 13.2 Å². The Balaban J connectivity index is 3.10. The van der Waals surface area contributed by atoms with E-state index in [1.807, 2.05) is 0 Å². The van der Waals surface area contributed by atoms with Gasteiger partial charge in [-0.3, -0.25) is 4.79 Å². The first-order chi connectivity index (χ1) is 6.81. The number of hydrogen-bond donors (Lipinski definition) is 1. The third-order valence-electron chi connectivity index (χ3n) is 1.44. The Morgan fingerprint density at radius 3 is 2.47 bits per heavy atom. The summed E-state index contributed by atoms with van der Waals surface area (Å²) >= 11 is 5.02. The van der Waals surface area contributed by atoms with Gasteiger partial charge in [0.15, 0.2) is 11.5 Å². The molecule has 0 unspecified atom stereocenters. The highest BCUT2D eigenvalue weighted by Crippen LogP contribution is 2.34. The number of phenols is 1. The van der Waals surface area contributed by atoms with Gasteiger partial charge in [0.05, 0.1) is 5.56 Å². The van der Waals surface area contributed by atoms with Crippen LogP contribution in [-0.2, 0) is 0 Å². The van der Waals surface area contributed by atoms with Crippen LogP contribution in [0.15, 0.2) is 18.2 Å². The maximum atomic E-state index is 11.8. The number of para-hydroxylation sites is 1. The number of halogens is 4. The van der Waals surface area contributed by atoms with E-state index in [2.05, 4.69) is 4.74 Å². The maximum absolute atomic E-state index is 11.8. The van der Waals surface area contributed by atoms with Crippen LogP contribution in [0.2, 0.25) is 0 Å². The molecule has 3 nitrogen and oxygen atoms in total. The minimum Gasteiger partial charge on any atom is -0.504 e. The number of carbonyl (C=O) groups excluding carboxylic acids is 1. The first kappa shape index (κ1) is 11.6. The fraction of sp³-hybridized carbons (Fsp3) is 0.125. The molecule has 0 saturated heterocycles. The number of hydrogen-bond acceptors (Lipinski definition) is 3. The molecule has 0 aliphatic carbocycles. The second kappa shape index (κ2) is 3.98. The van der Waals surface area contributed by atoms with Crippen molar-refractivity contribution < 1.29 is 27.8 Å². The van der Waals surface area contributed by atoms with Gasteiger partial charge in [0.1, 0.15) is 0 Å². The summed E-state index contributed by atoms with van der Waals surface area (Å²) in [5.74, 6) is -1.80. The molecule has 0 aromatic heterocycles. The van der Waals surface area contributed by atoms with Crippen LogP contribution in [-0.4, -0.2) is 16.7 Å². The Kier molecular flexibility index (Phi) is 3.09. The zero-order valence-corrected chi connectivity index (χ0v) is 7.76. The van der Waals surface area contributed by atoms with Crippen LogP contribution in [0, 0.1) is 0 Å². The summed E-state index contributed by atoms with van der Waals surface area (Å²) in [6.45, 7) is 0. The normalized spacial score (nSPS) is 11.2. The summed E-state index contributed by atoms with van der Waals surface area (Å²) in [5.41, 5.74) is -0.446. The molecule has 0 aliphatic rings. The average molecular weight is 241 g/mol. The van der Waals surface area contributed by atoms with Crippen molar-refractivity contribution in [3.63, 3.8) is 0 Å². The number of aromatic hydroxyl groups is 1. The van der Waals surface area contributed by atoms with Crippen molar-refractivity contribution >= 4 is 16.8 Å². The molecule has 0 aliphatic heterocycles. The molecule has 1 rings (SSSR count). The van der Waals surface area contributed by atoms with E-state index in [0.717, 1.165) is 18.2 Å². The van der Waals surface area contributed by atoms with Crippen molar-refractivity contribution in [2.45, 2.75) is 6.36 Å². The summed E-state index contributed by atoms with van der Waals surface area (Å²) < 4.78 is 38.9. The highest BCUT2D eigenvalue weighted by atomic mass is 35.5. The van der Waals surface area contributed by atoms with Gasteiger partial charge in [-0.2, -0.15) is 0 Å². The van der Waals surface area contributed by atoms with Crippen molar-refractivity contribution in [3.8, 4) is 11.5 Å². The Morgan fingerprint density at radius 1 is 1.40 bits per heavy atom. The first-order valence-corrected chi connectivity index (χ1v) is 3.96. The zero-order valence-electron chi connectivity index (χ0n) is 7.01. The molecule has 1 aromatic carbocycles. The number of rotatable bonds is 2. The molecule has 0 heterocycles. The Morgan fingerprint density at radius 2 is 2.00 bits per heavy atom. The van der Waals surface area contributed by atoms with E-state index in [1.54, 1.807) is 0 Å². The molecule has 1 aromatic rings. The number of carbonyl (C=O) groups is 1. The van der Waals surface area contributed by atoms with Gasteiger partial charge >= 0.3 is 6.36 Å². The van der Waals surface area contributed by atoms with Crippen LogP contribution in [0.3, 0.4) is 0 Å². The van der Waals surface area contributed by atoms with Crippen molar-refractivity contribution in [1.29, 1.82) is 0 Å². The van der Waals surface area contributed by atoms with Crippen LogP contribution < -0.4 is 4.74 Å². The molecule has 1 N–H and O–H groups in total. The molecule has 15 heavy (non-hydrogen) atoms. The standard InChI is InChI=1S/C8H4ClF3O3/c9-7(14)4-2-1-3-5(6(4)13)15-8(10,11)12/h1-3,13H. The molecule has 7 heteroatoms. The van der Waals surface area contributed by atoms with Crippen molar-refractivity contribution in [1.82, 2.24) is 0 Å². The molecule has 0 amide bonds. The number of alkyl halides is 3. The van der Waals surface area contributed by atoms with E-state index < -0.39 is 28.7 Å². The quantitative estimate of drug-likeness (QED) is 0.809. The summed E-state index contributed by atoms with van der Waals surface area (Å²) in [7, 11) is 0. The first-order valence-electron chi connectivity index (χ1n) is 3.59. The topological polar surface area (TPSA) is 46.5 Å². The summed E-state index contributed by atoms with van der Waals surface area (Å²) in [6, 6.07) is 3.05. The van der Waals surface area contributed by atoms with E-state index >= 15 is 0 Å². The molecule has 0 spiro atoms. The van der Waals surface area contributed by atoms with Crippen molar-refractivity contribution in [3.05, 3.63) is 23.8 Å². The molecule has 0 bridgehead atoms. The fourth-order valence-corrected chi connectivity index (χ4v) is 1.04. The third kappa shape index (κ3) is 3.02. The van der Waals surface area contributed by atoms with E-state index in [-0.39, 0.29) is 0 Å². The van der Waals surface area contributed by atoms with E-state index in [0.29, 0.717) is 0 Å². The Bertz CT molecular complexity index is 389. The third-order valence-corrected chi connectivity index (χ3v) is 1.64. The summed E-state index contributed by atoms with van der Waals surface area (Å²) in [6.07, 6.45) is -4.94. The number of benzene rings is 1. The lowest BCUT2D eigenvalue weighted by Crippen LogP contribution is -2.17. The molecule has 0 saturated carbocycles. The molecule has 82 valence electrons. The molecular formula is C8H4ClF3O3. The van der Waals surface area contributed by atoms with E-state index in [4.69, 9.17) is 11.6 Å². The van der Waals surface area contributed by atoms with Gasteiger partial charge in [-0.15, -0.1) is 13.2 Å². The van der Waals surface area contributed by atoms with E-state index in [9.17, 15) is 23.1 Å². The van der Waals surface area contributed by atoms with Crippen LogP contribution in [0.1, 0.15) is 10.4 Å². The minimum absolute atomic E-state index is 0.446.